The highest BCUT2D eigenvalue weighted by Crippen LogP contribution is 2.31. The van der Waals surface area contributed by atoms with E-state index in [1.807, 2.05) is 4.90 Å². The summed E-state index contributed by atoms with van der Waals surface area (Å²) in [7, 11) is 0. The molecule has 1 saturated heterocycles. The van der Waals surface area contributed by atoms with Gasteiger partial charge in [-0.05, 0) is 18.2 Å². The predicted molar refractivity (Wildman–Crippen MR) is 75.2 cm³/mol. The molecule has 2 rings (SSSR count). The summed E-state index contributed by atoms with van der Waals surface area (Å²) >= 11 is 0. The van der Waals surface area contributed by atoms with Crippen LogP contribution in [0.15, 0.2) is 24.3 Å². The van der Waals surface area contributed by atoms with Crippen LogP contribution in [-0.4, -0.2) is 55.4 Å². The molecule has 0 amide bonds. The monoisotopic (exact) mass is 303 g/mol. The molecule has 0 aromatic heterocycles. The number of alkyl halides is 3. The van der Waals surface area contributed by atoms with Gasteiger partial charge in [-0.15, -0.1) is 0 Å². The standard InChI is InChI=1S/C14H20F3N3O/c15-14(16,17)11-2-1-3-12(8-11)20-6-4-19(5-7-20)10-13(21)9-18/h1-3,8,13,21H,4-7,9-10,18H2. The highest BCUT2D eigenvalue weighted by molar-refractivity contribution is 5.49. The van der Waals surface area contributed by atoms with E-state index in [4.69, 9.17) is 5.73 Å². The van der Waals surface area contributed by atoms with Crippen LogP contribution in [0.3, 0.4) is 0 Å². The molecule has 1 heterocycles. The third-order valence-electron chi connectivity index (χ3n) is 3.65. The first-order chi connectivity index (χ1) is 9.90. The highest BCUT2D eigenvalue weighted by Gasteiger charge is 2.31. The zero-order chi connectivity index (χ0) is 15.5. The predicted octanol–water partition coefficient (Wildman–Crippen LogP) is 1.15. The van der Waals surface area contributed by atoms with Gasteiger partial charge >= 0.3 is 6.18 Å². The number of hydrogen-bond donors (Lipinski definition) is 2. The van der Waals surface area contributed by atoms with E-state index < -0.39 is 17.8 Å². The van der Waals surface area contributed by atoms with Crippen LogP contribution in [0, 0.1) is 0 Å². The average Bonchev–Trinajstić information content (AvgIpc) is 2.47. The Bertz CT molecular complexity index is 459. The fourth-order valence-corrected chi connectivity index (χ4v) is 2.44. The van der Waals surface area contributed by atoms with Crippen molar-refractivity contribution in [2.45, 2.75) is 12.3 Å². The summed E-state index contributed by atoms with van der Waals surface area (Å²) in [5, 5.41) is 9.51. The Balaban J connectivity index is 1.96. The molecule has 118 valence electrons. The maximum atomic E-state index is 12.7. The van der Waals surface area contributed by atoms with E-state index in [1.165, 1.54) is 12.1 Å². The van der Waals surface area contributed by atoms with Crippen LogP contribution in [-0.2, 0) is 6.18 Å². The van der Waals surface area contributed by atoms with Gasteiger partial charge in [0, 0.05) is 45.0 Å². The number of nitrogens with zero attached hydrogens (tertiary/aromatic N) is 2. The second kappa shape index (κ2) is 6.64. The molecule has 1 aliphatic heterocycles. The van der Waals surface area contributed by atoms with Gasteiger partial charge < -0.3 is 15.7 Å². The summed E-state index contributed by atoms with van der Waals surface area (Å²) in [4.78, 5) is 4.00. The SMILES string of the molecule is NCC(O)CN1CCN(c2cccc(C(F)(F)F)c2)CC1. The second-order valence-corrected chi connectivity index (χ2v) is 5.23. The number of β-amino-alcohol motifs (C(OH)–C–C–N with tert-alkyl or cyclic N) is 1. The molecule has 1 atom stereocenters. The van der Waals surface area contributed by atoms with Crippen LogP contribution in [0.4, 0.5) is 18.9 Å². The third-order valence-corrected chi connectivity index (χ3v) is 3.65. The van der Waals surface area contributed by atoms with Gasteiger partial charge in [-0.1, -0.05) is 6.07 Å². The summed E-state index contributed by atoms with van der Waals surface area (Å²) in [6.07, 6.45) is -4.87. The zero-order valence-electron chi connectivity index (χ0n) is 11.7. The first-order valence-corrected chi connectivity index (χ1v) is 6.93. The van der Waals surface area contributed by atoms with Crippen molar-refractivity contribution in [3.05, 3.63) is 29.8 Å². The maximum Gasteiger partial charge on any atom is 0.416 e. The molecule has 1 aromatic carbocycles. The summed E-state index contributed by atoms with van der Waals surface area (Å²) in [6.45, 7) is 3.40. The maximum absolute atomic E-state index is 12.7. The Labute approximate surface area is 121 Å². The van der Waals surface area contributed by atoms with E-state index in [9.17, 15) is 18.3 Å². The van der Waals surface area contributed by atoms with Crippen molar-refractivity contribution in [1.29, 1.82) is 0 Å². The molecule has 1 aliphatic rings. The van der Waals surface area contributed by atoms with Gasteiger partial charge in [0.15, 0.2) is 0 Å². The minimum atomic E-state index is -4.32. The zero-order valence-corrected chi connectivity index (χ0v) is 11.7. The first kappa shape index (κ1) is 16.1. The number of benzene rings is 1. The molecular formula is C14H20F3N3O. The van der Waals surface area contributed by atoms with E-state index in [-0.39, 0.29) is 6.54 Å². The number of halogens is 3. The number of hydrogen-bond acceptors (Lipinski definition) is 4. The third kappa shape index (κ3) is 4.33. The van der Waals surface area contributed by atoms with Gasteiger partial charge in [0.1, 0.15) is 0 Å². The Hall–Kier alpha value is -1.31. The lowest BCUT2D eigenvalue weighted by Crippen LogP contribution is -2.49. The van der Waals surface area contributed by atoms with E-state index in [0.717, 1.165) is 6.07 Å². The Morgan fingerprint density at radius 3 is 2.43 bits per heavy atom. The van der Waals surface area contributed by atoms with Crippen LogP contribution < -0.4 is 10.6 Å². The smallest absolute Gasteiger partial charge is 0.390 e. The largest absolute Gasteiger partial charge is 0.416 e. The van der Waals surface area contributed by atoms with Gasteiger partial charge in [0.05, 0.1) is 11.7 Å². The molecule has 0 spiro atoms. The summed E-state index contributed by atoms with van der Waals surface area (Å²) in [5.41, 5.74) is 5.33. The second-order valence-electron chi connectivity index (χ2n) is 5.23. The van der Waals surface area contributed by atoms with E-state index in [1.54, 1.807) is 6.07 Å². The molecule has 1 unspecified atom stereocenters. The number of nitrogens with two attached hydrogens (primary N) is 1. The lowest BCUT2D eigenvalue weighted by molar-refractivity contribution is -0.137. The Kier molecular flexibility index (Phi) is 5.08. The van der Waals surface area contributed by atoms with Gasteiger partial charge in [-0.2, -0.15) is 13.2 Å². The molecule has 3 N–H and O–H groups in total. The van der Waals surface area contributed by atoms with Gasteiger partial charge in [-0.25, -0.2) is 0 Å². The highest BCUT2D eigenvalue weighted by atomic mass is 19.4. The molecular weight excluding hydrogens is 283 g/mol. The van der Waals surface area contributed by atoms with Crippen molar-refractivity contribution in [1.82, 2.24) is 4.90 Å². The average molecular weight is 303 g/mol. The van der Waals surface area contributed by atoms with Crippen molar-refractivity contribution in [2.24, 2.45) is 5.73 Å². The van der Waals surface area contributed by atoms with Gasteiger partial charge in [0.2, 0.25) is 0 Å². The molecule has 1 fully saturated rings. The minimum absolute atomic E-state index is 0.216. The number of rotatable bonds is 4. The van der Waals surface area contributed by atoms with Crippen LogP contribution in [0.5, 0.6) is 0 Å². The van der Waals surface area contributed by atoms with E-state index in [2.05, 4.69) is 4.90 Å². The van der Waals surface area contributed by atoms with Crippen molar-refractivity contribution in [2.75, 3.05) is 44.2 Å². The van der Waals surface area contributed by atoms with Crippen LogP contribution in [0.1, 0.15) is 5.56 Å². The number of aliphatic hydroxyl groups excluding tert-OH is 1. The van der Waals surface area contributed by atoms with Crippen molar-refractivity contribution in [3.63, 3.8) is 0 Å². The summed E-state index contributed by atoms with van der Waals surface area (Å²) in [6, 6.07) is 5.39. The van der Waals surface area contributed by atoms with Crippen molar-refractivity contribution < 1.29 is 18.3 Å². The Morgan fingerprint density at radius 1 is 1.19 bits per heavy atom. The van der Waals surface area contributed by atoms with Gasteiger partial charge in [0.25, 0.3) is 0 Å². The van der Waals surface area contributed by atoms with E-state index >= 15 is 0 Å². The molecule has 21 heavy (non-hydrogen) atoms. The quantitative estimate of drug-likeness (QED) is 0.876. The number of aliphatic hydroxyl groups is 1. The normalized spacial score (nSPS) is 18.8. The topological polar surface area (TPSA) is 52.7 Å². The molecule has 0 bridgehead atoms. The lowest BCUT2D eigenvalue weighted by atomic mass is 10.1. The first-order valence-electron chi connectivity index (χ1n) is 6.93. The van der Waals surface area contributed by atoms with Crippen molar-refractivity contribution in [3.8, 4) is 0 Å². The molecule has 7 heteroatoms. The fraction of sp³-hybridized carbons (Fsp3) is 0.571. The summed E-state index contributed by atoms with van der Waals surface area (Å²) < 4.78 is 38.1. The van der Waals surface area contributed by atoms with Crippen LogP contribution in [0.25, 0.3) is 0 Å². The van der Waals surface area contributed by atoms with E-state index in [0.29, 0.717) is 38.4 Å². The molecule has 0 radical (unpaired) electrons. The molecule has 0 saturated carbocycles. The molecule has 1 aromatic rings. The molecule has 0 aliphatic carbocycles. The number of piperazine rings is 1. The van der Waals surface area contributed by atoms with Crippen LogP contribution in [0.2, 0.25) is 0 Å². The lowest BCUT2D eigenvalue weighted by Gasteiger charge is -2.37. The fourth-order valence-electron chi connectivity index (χ4n) is 2.44. The van der Waals surface area contributed by atoms with Crippen molar-refractivity contribution >= 4 is 5.69 Å². The van der Waals surface area contributed by atoms with Gasteiger partial charge in [-0.3, -0.25) is 4.90 Å². The Morgan fingerprint density at radius 2 is 1.86 bits per heavy atom. The summed E-state index contributed by atoms with van der Waals surface area (Å²) in [5.74, 6) is 0. The number of anilines is 1. The minimum Gasteiger partial charge on any atom is -0.390 e. The van der Waals surface area contributed by atoms with Crippen LogP contribution >= 0.6 is 0 Å². The molecule has 4 nitrogen and oxygen atoms in total.